The van der Waals surface area contributed by atoms with Crippen LogP contribution in [0.1, 0.15) is 43.9 Å². The molecule has 0 unspecified atom stereocenters. The van der Waals surface area contributed by atoms with Crippen LogP contribution in [-0.4, -0.2) is 20.8 Å². The fourth-order valence-corrected chi connectivity index (χ4v) is 2.14. The number of nitrogens with one attached hydrogen (secondary N) is 1. The third-order valence-electron chi connectivity index (χ3n) is 3.39. The van der Waals surface area contributed by atoms with Gasteiger partial charge in [-0.1, -0.05) is 19.9 Å². The van der Waals surface area contributed by atoms with Crippen LogP contribution in [0.4, 0.5) is 0 Å². The zero-order chi connectivity index (χ0) is 13.2. The van der Waals surface area contributed by atoms with Crippen molar-refractivity contribution in [2.45, 2.75) is 45.2 Å². The lowest BCUT2D eigenvalue weighted by atomic mass is 10.2. The highest BCUT2D eigenvalue weighted by molar-refractivity contribution is 5.33. The van der Waals surface area contributed by atoms with Gasteiger partial charge in [-0.2, -0.15) is 5.10 Å². The summed E-state index contributed by atoms with van der Waals surface area (Å²) in [6, 6.07) is 6.67. The molecule has 0 spiro atoms. The molecular formula is C15H20N4. The van der Waals surface area contributed by atoms with Gasteiger partial charge in [0.05, 0.1) is 5.69 Å². The van der Waals surface area contributed by atoms with Gasteiger partial charge in [0.2, 0.25) is 0 Å². The van der Waals surface area contributed by atoms with Crippen LogP contribution in [0.25, 0.3) is 5.82 Å². The van der Waals surface area contributed by atoms with E-state index < -0.39 is 0 Å². The van der Waals surface area contributed by atoms with E-state index in [2.05, 4.69) is 41.4 Å². The lowest BCUT2D eigenvalue weighted by molar-refractivity contribution is 0.584. The number of hydrogen-bond donors (Lipinski definition) is 1. The summed E-state index contributed by atoms with van der Waals surface area (Å²) in [6.45, 7) is 5.11. The van der Waals surface area contributed by atoms with E-state index in [1.165, 1.54) is 24.1 Å². The third kappa shape index (κ3) is 2.84. The molecule has 19 heavy (non-hydrogen) atoms. The molecule has 0 aliphatic heterocycles. The molecule has 1 saturated carbocycles. The summed E-state index contributed by atoms with van der Waals surface area (Å²) >= 11 is 0. The second-order valence-electron chi connectivity index (χ2n) is 5.48. The Kier molecular flexibility index (Phi) is 3.34. The van der Waals surface area contributed by atoms with Crippen molar-refractivity contribution in [3.8, 4) is 5.82 Å². The number of hydrogen-bond acceptors (Lipinski definition) is 3. The summed E-state index contributed by atoms with van der Waals surface area (Å²) in [6.07, 6.45) is 6.41. The molecule has 2 heterocycles. The number of pyridine rings is 1. The molecule has 1 fully saturated rings. The van der Waals surface area contributed by atoms with Gasteiger partial charge < -0.3 is 5.32 Å². The van der Waals surface area contributed by atoms with Crippen LogP contribution in [0.15, 0.2) is 30.6 Å². The molecule has 4 heteroatoms. The van der Waals surface area contributed by atoms with Crippen molar-refractivity contribution in [3.63, 3.8) is 0 Å². The topological polar surface area (TPSA) is 42.7 Å². The minimum Gasteiger partial charge on any atom is -0.310 e. The van der Waals surface area contributed by atoms with E-state index in [0.717, 1.165) is 12.4 Å². The molecule has 0 atom stereocenters. The lowest BCUT2D eigenvalue weighted by Crippen LogP contribution is -2.23. The van der Waals surface area contributed by atoms with Gasteiger partial charge in [0.1, 0.15) is 0 Å². The molecule has 0 bridgehead atoms. The molecule has 0 amide bonds. The fraction of sp³-hybridized carbons (Fsp3) is 0.467. The normalized spacial score (nSPS) is 15.1. The smallest absolute Gasteiger partial charge is 0.157 e. The highest BCUT2D eigenvalue weighted by atomic mass is 15.3. The molecule has 1 aliphatic rings. The molecule has 3 rings (SSSR count). The van der Waals surface area contributed by atoms with Gasteiger partial charge in [-0.15, -0.1) is 0 Å². The first-order valence-electron chi connectivity index (χ1n) is 6.97. The van der Waals surface area contributed by atoms with E-state index >= 15 is 0 Å². The van der Waals surface area contributed by atoms with Crippen molar-refractivity contribution in [3.05, 3.63) is 41.9 Å². The summed E-state index contributed by atoms with van der Waals surface area (Å²) in [5.74, 6) is 1.62. The maximum atomic E-state index is 4.66. The Hall–Kier alpha value is -1.68. The largest absolute Gasteiger partial charge is 0.310 e. The van der Waals surface area contributed by atoms with Gasteiger partial charge in [-0.3, -0.25) is 0 Å². The molecule has 1 aliphatic carbocycles. The maximum Gasteiger partial charge on any atom is 0.157 e. The van der Waals surface area contributed by atoms with Crippen molar-refractivity contribution in [1.29, 1.82) is 0 Å². The first kappa shape index (κ1) is 12.4. The zero-order valence-corrected chi connectivity index (χ0v) is 11.5. The average molecular weight is 256 g/mol. The molecule has 1 N–H and O–H groups in total. The van der Waals surface area contributed by atoms with Crippen LogP contribution >= 0.6 is 0 Å². The van der Waals surface area contributed by atoms with Gasteiger partial charge >= 0.3 is 0 Å². The molecule has 100 valence electrons. The van der Waals surface area contributed by atoms with Crippen LogP contribution in [-0.2, 0) is 6.54 Å². The van der Waals surface area contributed by atoms with E-state index in [1.807, 2.05) is 23.1 Å². The maximum absolute atomic E-state index is 4.66. The Labute approximate surface area is 113 Å². The number of nitrogens with zero attached hydrogens (tertiary/aromatic N) is 3. The monoisotopic (exact) mass is 256 g/mol. The number of aromatic nitrogens is 3. The number of rotatable bonds is 5. The van der Waals surface area contributed by atoms with Gasteiger partial charge in [-0.25, -0.2) is 9.67 Å². The van der Waals surface area contributed by atoms with Crippen LogP contribution in [0, 0.1) is 0 Å². The van der Waals surface area contributed by atoms with E-state index in [0.29, 0.717) is 12.0 Å². The van der Waals surface area contributed by atoms with Crippen LogP contribution in [0.5, 0.6) is 0 Å². The van der Waals surface area contributed by atoms with Gasteiger partial charge in [-0.05, 0) is 25.0 Å². The Bertz CT molecular complexity index is 555. The van der Waals surface area contributed by atoms with Crippen molar-refractivity contribution in [1.82, 2.24) is 20.1 Å². The van der Waals surface area contributed by atoms with Crippen LogP contribution < -0.4 is 5.32 Å². The van der Waals surface area contributed by atoms with Crippen molar-refractivity contribution in [2.24, 2.45) is 0 Å². The summed E-state index contributed by atoms with van der Waals surface area (Å²) in [5, 5.41) is 8.09. The molecule has 2 aromatic rings. The second-order valence-corrected chi connectivity index (χ2v) is 5.48. The molecule has 0 aromatic carbocycles. The fourth-order valence-electron chi connectivity index (χ4n) is 2.14. The Balaban J connectivity index is 1.85. The van der Waals surface area contributed by atoms with Crippen molar-refractivity contribution < 1.29 is 0 Å². The van der Waals surface area contributed by atoms with Gasteiger partial charge in [0.25, 0.3) is 0 Å². The predicted molar refractivity (Wildman–Crippen MR) is 75.3 cm³/mol. The van der Waals surface area contributed by atoms with E-state index in [4.69, 9.17) is 0 Å². The van der Waals surface area contributed by atoms with E-state index in [-0.39, 0.29) is 0 Å². The Morgan fingerprint density at radius 2 is 2.21 bits per heavy atom. The molecule has 4 nitrogen and oxygen atoms in total. The quantitative estimate of drug-likeness (QED) is 0.894. The first-order chi connectivity index (χ1) is 9.24. The van der Waals surface area contributed by atoms with Crippen molar-refractivity contribution >= 4 is 0 Å². The van der Waals surface area contributed by atoms with Gasteiger partial charge in [0, 0.05) is 36.5 Å². The highest BCUT2D eigenvalue weighted by Crippen LogP contribution is 2.39. The van der Waals surface area contributed by atoms with Crippen LogP contribution in [0.2, 0.25) is 0 Å². The second kappa shape index (κ2) is 5.13. The van der Waals surface area contributed by atoms with Crippen LogP contribution in [0.3, 0.4) is 0 Å². The van der Waals surface area contributed by atoms with Crippen molar-refractivity contribution in [2.75, 3.05) is 0 Å². The summed E-state index contributed by atoms with van der Waals surface area (Å²) in [7, 11) is 0. The van der Waals surface area contributed by atoms with E-state index in [9.17, 15) is 0 Å². The summed E-state index contributed by atoms with van der Waals surface area (Å²) < 4.78 is 1.91. The summed E-state index contributed by atoms with van der Waals surface area (Å²) in [4.78, 5) is 4.48. The SMILES string of the molecule is CC(C)NCc1cccnc1-n1ccc(C2CC2)n1. The molecule has 2 aromatic heterocycles. The Morgan fingerprint density at radius 3 is 2.95 bits per heavy atom. The van der Waals surface area contributed by atoms with E-state index in [1.54, 1.807) is 0 Å². The predicted octanol–water partition coefficient (Wildman–Crippen LogP) is 2.64. The molecule has 0 saturated heterocycles. The average Bonchev–Trinajstić information content (AvgIpc) is 3.15. The molecule has 0 radical (unpaired) electrons. The standard InChI is InChI=1S/C15H20N4/c1-11(2)17-10-13-4-3-8-16-15(13)19-9-7-14(18-19)12-5-6-12/h3-4,7-9,11-12,17H,5-6,10H2,1-2H3. The Morgan fingerprint density at radius 1 is 1.37 bits per heavy atom. The lowest BCUT2D eigenvalue weighted by Gasteiger charge is -2.11. The zero-order valence-electron chi connectivity index (χ0n) is 11.5. The van der Waals surface area contributed by atoms with Gasteiger partial charge in [0.15, 0.2) is 5.82 Å². The first-order valence-corrected chi connectivity index (χ1v) is 6.97. The molecular weight excluding hydrogens is 236 g/mol. The minimum absolute atomic E-state index is 0.465. The minimum atomic E-state index is 0.465. The third-order valence-corrected chi connectivity index (χ3v) is 3.39. The summed E-state index contributed by atoms with van der Waals surface area (Å²) in [5.41, 5.74) is 2.38. The highest BCUT2D eigenvalue weighted by Gasteiger charge is 2.26.